The van der Waals surface area contributed by atoms with Crippen LogP contribution in [0.3, 0.4) is 0 Å². The van der Waals surface area contributed by atoms with Gasteiger partial charge in [0.25, 0.3) is 11.5 Å². The zero-order valence-corrected chi connectivity index (χ0v) is 18.6. The number of nitrogens with two attached hydrogens (primary N) is 1. The molecule has 0 spiro atoms. The molecule has 4 rings (SSSR count). The van der Waals surface area contributed by atoms with E-state index in [1.807, 2.05) is 0 Å². The lowest BCUT2D eigenvalue weighted by molar-refractivity contribution is -0.141. The van der Waals surface area contributed by atoms with E-state index >= 15 is 0 Å². The van der Waals surface area contributed by atoms with Crippen LogP contribution in [0.5, 0.6) is 0 Å². The molecule has 0 unspecified atom stereocenters. The van der Waals surface area contributed by atoms with Gasteiger partial charge in [0.1, 0.15) is 17.7 Å². The number of pyridine rings is 1. The van der Waals surface area contributed by atoms with Crippen molar-refractivity contribution in [2.45, 2.75) is 25.6 Å². The van der Waals surface area contributed by atoms with Gasteiger partial charge in [-0.2, -0.15) is 13.2 Å². The second-order valence-corrected chi connectivity index (χ2v) is 7.62. The number of hydrogen-bond donors (Lipinski definition) is 2. The predicted molar refractivity (Wildman–Crippen MR) is 118 cm³/mol. The van der Waals surface area contributed by atoms with Crippen LogP contribution >= 0.6 is 0 Å². The largest absolute Gasteiger partial charge is 0.434 e. The summed E-state index contributed by atoms with van der Waals surface area (Å²) in [6, 6.07) is 2.51. The Bertz CT molecular complexity index is 1390. The third-order valence-electron chi connectivity index (χ3n) is 5.53. The Morgan fingerprint density at radius 2 is 2.09 bits per heavy atom. The highest BCUT2D eigenvalue weighted by Gasteiger charge is 2.35. The Morgan fingerprint density at radius 1 is 1.31 bits per heavy atom. The highest BCUT2D eigenvalue weighted by Crippen LogP contribution is 2.29. The summed E-state index contributed by atoms with van der Waals surface area (Å²) in [4.78, 5) is 44.5. The summed E-state index contributed by atoms with van der Waals surface area (Å²) in [5.74, 6) is -0.649. The fourth-order valence-electron chi connectivity index (χ4n) is 3.74. The van der Waals surface area contributed by atoms with Crippen LogP contribution < -0.4 is 11.3 Å². The number of alkyl halides is 3. The lowest BCUT2D eigenvalue weighted by atomic mass is 9.94. The molecule has 14 heteroatoms. The summed E-state index contributed by atoms with van der Waals surface area (Å²) >= 11 is 0. The highest BCUT2D eigenvalue weighted by atomic mass is 19.4. The van der Waals surface area contributed by atoms with Gasteiger partial charge in [0.2, 0.25) is 5.82 Å². The zero-order valence-electron chi connectivity index (χ0n) is 18.6. The summed E-state index contributed by atoms with van der Waals surface area (Å²) in [5, 5.41) is 4.12. The van der Waals surface area contributed by atoms with E-state index in [0.717, 1.165) is 0 Å². The van der Waals surface area contributed by atoms with Crippen molar-refractivity contribution in [3.05, 3.63) is 75.9 Å². The lowest BCUT2D eigenvalue weighted by Gasteiger charge is -2.35. The standard InChI is InChI=1S/C21H20F3N9O2/c1-11-16(25)12(17(26-2)13-8-27-9-15(30-13)21(22,23)24)5-7-32(11)20(35)18-29-10-33(31-18)14-4-3-6-28-19(14)34/h3-4,6,8-11H,5,7,25H2,1-2H3,(H,28,34)/t11-/m1/s1. The Balaban J connectivity index is 1.60. The van der Waals surface area contributed by atoms with E-state index in [9.17, 15) is 22.8 Å². The third kappa shape index (κ3) is 4.54. The van der Waals surface area contributed by atoms with Gasteiger partial charge in [-0.15, -0.1) is 5.10 Å². The minimum Gasteiger partial charge on any atom is -0.400 e. The van der Waals surface area contributed by atoms with E-state index in [2.05, 4.69) is 30.0 Å². The van der Waals surface area contributed by atoms with Crippen LogP contribution in [-0.4, -0.2) is 65.9 Å². The smallest absolute Gasteiger partial charge is 0.400 e. The highest BCUT2D eigenvalue weighted by molar-refractivity contribution is 6.12. The molecule has 0 saturated heterocycles. The number of halogens is 3. The molecule has 4 heterocycles. The maximum Gasteiger partial charge on any atom is 0.434 e. The first-order chi connectivity index (χ1) is 16.6. The summed E-state index contributed by atoms with van der Waals surface area (Å²) < 4.78 is 40.5. The van der Waals surface area contributed by atoms with Crippen molar-refractivity contribution >= 4 is 11.6 Å². The first-order valence-electron chi connectivity index (χ1n) is 10.4. The summed E-state index contributed by atoms with van der Waals surface area (Å²) in [6.07, 6.45) is 0.0914. The molecule has 0 bridgehead atoms. The average Bonchev–Trinajstić information content (AvgIpc) is 3.32. The van der Waals surface area contributed by atoms with Crippen LogP contribution in [0, 0.1) is 0 Å². The van der Waals surface area contributed by atoms with Gasteiger partial charge in [0.15, 0.2) is 5.69 Å². The molecule has 1 aliphatic rings. The molecule has 35 heavy (non-hydrogen) atoms. The monoisotopic (exact) mass is 487 g/mol. The van der Waals surface area contributed by atoms with Crippen LogP contribution in [0.1, 0.15) is 35.4 Å². The molecule has 0 aromatic carbocycles. The van der Waals surface area contributed by atoms with Crippen molar-refractivity contribution in [2.75, 3.05) is 13.6 Å². The number of H-pyrrole nitrogens is 1. The number of aliphatic imine (C=N–C) groups is 1. The minimum absolute atomic E-state index is 0.0688. The van der Waals surface area contributed by atoms with Crippen molar-refractivity contribution in [1.82, 2.24) is 34.6 Å². The van der Waals surface area contributed by atoms with Crippen LogP contribution in [0.25, 0.3) is 5.69 Å². The average molecular weight is 487 g/mol. The van der Waals surface area contributed by atoms with Gasteiger partial charge >= 0.3 is 6.18 Å². The minimum atomic E-state index is -4.66. The maximum absolute atomic E-state index is 13.1. The Labute approximate surface area is 196 Å². The van der Waals surface area contributed by atoms with E-state index < -0.39 is 29.4 Å². The Morgan fingerprint density at radius 3 is 2.77 bits per heavy atom. The zero-order chi connectivity index (χ0) is 25.3. The molecule has 3 aromatic rings. The molecule has 1 atom stereocenters. The van der Waals surface area contributed by atoms with Gasteiger partial charge in [-0.25, -0.2) is 14.6 Å². The lowest BCUT2D eigenvalue weighted by Crippen LogP contribution is -2.47. The van der Waals surface area contributed by atoms with Crippen LogP contribution in [0.15, 0.2) is 58.1 Å². The number of nitrogens with one attached hydrogen (secondary N) is 1. The molecule has 11 nitrogen and oxygen atoms in total. The molecule has 3 aromatic heterocycles. The van der Waals surface area contributed by atoms with E-state index in [1.165, 1.54) is 41.4 Å². The van der Waals surface area contributed by atoms with E-state index in [1.54, 1.807) is 13.0 Å². The molecule has 0 aliphatic carbocycles. The number of hydrogen-bond acceptors (Lipinski definition) is 8. The molecule has 0 radical (unpaired) electrons. The summed E-state index contributed by atoms with van der Waals surface area (Å²) in [7, 11) is 1.42. The second-order valence-electron chi connectivity index (χ2n) is 7.62. The van der Waals surface area contributed by atoms with Gasteiger partial charge in [0.05, 0.1) is 24.1 Å². The van der Waals surface area contributed by atoms with Crippen molar-refractivity contribution in [1.29, 1.82) is 0 Å². The quantitative estimate of drug-likeness (QED) is 0.528. The van der Waals surface area contributed by atoms with Gasteiger partial charge in [-0.3, -0.25) is 19.6 Å². The molecule has 3 N–H and O–H groups in total. The Kier molecular flexibility index (Phi) is 6.20. The molecule has 1 aliphatic heterocycles. The third-order valence-corrected chi connectivity index (χ3v) is 5.53. The number of rotatable bonds is 4. The van der Waals surface area contributed by atoms with Crippen molar-refractivity contribution in [3.8, 4) is 5.69 Å². The predicted octanol–water partition coefficient (Wildman–Crippen LogP) is 1.33. The fraction of sp³-hybridized carbons (Fsp3) is 0.286. The summed E-state index contributed by atoms with van der Waals surface area (Å²) in [5.41, 5.74) is 5.81. The van der Waals surface area contributed by atoms with E-state index in [4.69, 9.17) is 5.73 Å². The number of nitrogens with zero attached hydrogens (tertiary/aromatic N) is 7. The van der Waals surface area contributed by atoms with Crippen molar-refractivity contribution < 1.29 is 18.0 Å². The normalized spacial score (nSPS) is 17.1. The molecule has 182 valence electrons. The maximum atomic E-state index is 13.1. The van der Waals surface area contributed by atoms with Crippen LogP contribution in [0.4, 0.5) is 13.2 Å². The molecular weight excluding hydrogens is 467 g/mol. The fourth-order valence-corrected chi connectivity index (χ4v) is 3.74. The number of aromatic amines is 1. The van der Waals surface area contributed by atoms with Crippen LogP contribution in [0.2, 0.25) is 0 Å². The number of amides is 1. The van der Waals surface area contributed by atoms with Crippen molar-refractivity contribution in [2.24, 2.45) is 10.7 Å². The number of aromatic nitrogens is 6. The number of carbonyl (C=O) groups is 1. The number of carbonyl (C=O) groups excluding carboxylic acids is 1. The molecule has 0 saturated carbocycles. The van der Waals surface area contributed by atoms with E-state index in [-0.39, 0.29) is 41.6 Å². The first kappa shape index (κ1) is 23.8. The van der Waals surface area contributed by atoms with Gasteiger partial charge < -0.3 is 15.6 Å². The van der Waals surface area contributed by atoms with Gasteiger partial charge in [-0.05, 0) is 25.5 Å². The van der Waals surface area contributed by atoms with Gasteiger partial charge in [0, 0.05) is 31.1 Å². The Hall–Kier alpha value is -4.36. The molecular formula is C21H20F3N9O2. The first-order valence-corrected chi connectivity index (χ1v) is 10.4. The second kappa shape index (κ2) is 9.12. The molecule has 0 fully saturated rings. The van der Waals surface area contributed by atoms with Gasteiger partial charge in [-0.1, -0.05) is 0 Å². The SMILES string of the molecule is CN=C(C1=C(N)[C@@H](C)N(C(=O)c2ncn(-c3ccc[nH]c3=O)n2)CC1)c1cncc(C(F)(F)F)n1. The van der Waals surface area contributed by atoms with Crippen LogP contribution in [-0.2, 0) is 6.18 Å². The summed E-state index contributed by atoms with van der Waals surface area (Å²) in [6.45, 7) is 1.86. The molecule has 1 amide bonds. The topological polar surface area (TPSA) is 148 Å². The van der Waals surface area contributed by atoms with Crippen molar-refractivity contribution in [3.63, 3.8) is 0 Å². The van der Waals surface area contributed by atoms with E-state index in [0.29, 0.717) is 11.8 Å².